The SMILES string of the molecule is O=C(CON/C1=C\c2c(Cl)c(O)cc(O)c2C(=O)OCCC=CCCC=C1)NCc1ccccc1. The zero-order valence-electron chi connectivity index (χ0n) is 19.0. The van der Waals surface area contributed by atoms with E-state index in [-0.39, 0.29) is 35.3 Å². The van der Waals surface area contributed by atoms with E-state index >= 15 is 0 Å². The summed E-state index contributed by atoms with van der Waals surface area (Å²) in [4.78, 5) is 30.2. The fraction of sp³-hybridized carbons (Fsp3) is 0.231. The number of esters is 1. The molecule has 1 amide bonds. The number of cyclic esters (lactones) is 1. The summed E-state index contributed by atoms with van der Waals surface area (Å²) < 4.78 is 5.26. The topological polar surface area (TPSA) is 117 Å². The number of fused-ring (bicyclic) bond motifs is 1. The van der Waals surface area contributed by atoms with Crippen LogP contribution in [-0.4, -0.2) is 35.3 Å². The number of phenols is 2. The van der Waals surface area contributed by atoms with Gasteiger partial charge in [-0.2, -0.15) is 0 Å². The Bertz CT molecular complexity index is 1130. The van der Waals surface area contributed by atoms with Crippen LogP contribution in [0.2, 0.25) is 5.02 Å². The van der Waals surface area contributed by atoms with Gasteiger partial charge in [0.2, 0.25) is 5.91 Å². The van der Waals surface area contributed by atoms with E-state index in [1.807, 2.05) is 48.6 Å². The highest BCUT2D eigenvalue weighted by atomic mass is 35.5. The van der Waals surface area contributed by atoms with Crippen molar-refractivity contribution in [2.24, 2.45) is 0 Å². The van der Waals surface area contributed by atoms with Crippen LogP contribution >= 0.6 is 11.6 Å². The molecule has 0 bridgehead atoms. The third-order valence-corrected chi connectivity index (χ3v) is 5.37. The number of hydrogen-bond donors (Lipinski definition) is 4. The first-order chi connectivity index (χ1) is 17.0. The Labute approximate surface area is 208 Å². The number of benzene rings is 2. The van der Waals surface area contributed by atoms with Crippen LogP contribution < -0.4 is 10.8 Å². The summed E-state index contributed by atoms with van der Waals surface area (Å²) in [7, 11) is 0. The van der Waals surface area contributed by atoms with E-state index < -0.39 is 17.5 Å². The molecule has 9 heteroatoms. The molecule has 0 unspecified atom stereocenters. The third kappa shape index (κ3) is 7.91. The van der Waals surface area contributed by atoms with E-state index in [1.165, 1.54) is 6.08 Å². The van der Waals surface area contributed by atoms with Crippen molar-refractivity contribution >= 4 is 29.6 Å². The average molecular weight is 499 g/mol. The molecule has 1 aliphatic rings. The molecule has 0 saturated carbocycles. The van der Waals surface area contributed by atoms with Crippen molar-refractivity contribution in [1.29, 1.82) is 0 Å². The first kappa shape index (κ1) is 25.9. The number of hydrogen-bond acceptors (Lipinski definition) is 7. The number of hydroxylamine groups is 1. The van der Waals surface area contributed by atoms with Gasteiger partial charge in [0, 0.05) is 18.2 Å². The molecule has 184 valence electrons. The second-order valence-electron chi connectivity index (χ2n) is 7.65. The maximum atomic E-state index is 12.7. The number of aromatic hydroxyl groups is 2. The number of nitrogens with one attached hydrogen (secondary N) is 2. The van der Waals surface area contributed by atoms with Gasteiger partial charge in [-0.25, -0.2) is 4.79 Å². The summed E-state index contributed by atoms with van der Waals surface area (Å²) in [6.45, 7) is 0.204. The molecular formula is C26H27ClN2O6. The molecule has 0 atom stereocenters. The van der Waals surface area contributed by atoms with Gasteiger partial charge in [0.1, 0.15) is 17.1 Å². The molecule has 8 nitrogen and oxygen atoms in total. The lowest BCUT2D eigenvalue weighted by Crippen LogP contribution is -2.30. The first-order valence-electron chi connectivity index (χ1n) is 11.1. The van der Waals surface area contributed by atoms with Crippen molar-refractivity contribution in [3.05, 3.63) is 88.1 Å². The maximum absolute atomic E-state index is 12.7. The summed E-state index contributed by atoms with van der Waals surface area (Å²) in [6.07, 6.45) is 10.9. The second-order valence-corrected chi connectivity index (χ2v) is 8.02. The minimum Gasteiger partial charge on any atom is -0.507 e. The summed E-state index contributed by atoms with van der Waals surface area (Å²) in [5.74, 6) is -2.00. The number of halogens is 1. The average Bonchev–Trinajstić information content (AvgIpc) is 2.84. The summed E-state index contributed by atoms with van der Waals surface area (Å²) in [5.41, 5.74) is 3.82. The van der Waals surface area contributed by atoms with Crippen molar-refractivity contribution in [3.63, 3.8) is 0 Å². The van der Waals surface area contributed by atoms with Crippen LogP contribution in [0.25, 0.3) is 6.08 Å². The number of amides is 1. The van der Waals surface area contributed by atoms with E-state index in [9.17, 15) is 19.8 Å². The number of phenolic OH excluding ortho intramolecular Hbond substituents is 2. The highest BCUT2D eigenvalue weighted by Crippen LogP contribution is 2.38. The Morgan fingerprint density at radius 1 is 1.06 bits per heavy atom. The minimum atomic E-state index is -0.786. The predicted octanol–water partition coefficient (Wildman–Crippen LogP) is 4.38. The number of carbonyl (C=O) groups excluding carboxylic acids is 2. The molecule has 1 aliphatic heterocycles. The van der Waals surface area contributed by atoms with Gasteiger partial charge in [-0.05, 0) is 37.0 Å². The highest BCUT2D eigenvalue weighted by Gasteiger charge is 2.23. The van der Waals surface area contributed by atoms with Crippen LogP contribution in [0.4, 0.5) is 0 Å². The smallest absolute Gasteiger partial charge is 0.342 e. The van der Waals surface area contributed by atoms with Crippen molar-refractivity contribution in [2.45, 2.75) is 25.8 Å². The van der Waals surface area contributed by atoms with Crippen LogP contribution in [0.5, 0.6) is 11.5 Å². The standard InChI is InChI=1S/C26H27ClN2O6/c27-25-20-14-19(29-35-17-23(32)28-16-18-10-6-5-7-11-18)12-8-3-1-2-4-9-13-34-26(33)24(20)21(30)15-22(25)31/h2,4-8,10-12,14-15,29-31H,1,3,9,13,16-17H2,(H,28,32)/b4-2?,12-8?,19-14-. The molecule has 0 fully saturated rings. The predicted molar refractivity (Wildman–Crippen MR) is 133 cm³/mol. The lowest BCUT2D eigenvalue weighted by atomic mass is 10.0. The fourth-order valence-corrected chi connectivity index (χ4v) is 3.43. The van der Waals surface area contributed by atoms with Gasteiger partial charge in [0.15, 0.2) is 6.61 Å². The number of allylic oxidation sites excluding steroid dienone is 3. The van der Waals surface area contributed by atoms with Crippen molar-refractivity contribution < 1.29 is 29.4 Å². The quantitative estimate of drug-likeness (QED) is 0.265. The van der Waals surface area contributed by atoms with Crippen molar-refractivity contribution in [3.8, 4) is 11.5 Å². The van der Waals surface area contributed by atoms with Crippen LogP contribution in [-0.2, 0) is 20.9 Å². The molecule has 2 aromatic rings. The van der Waals surface area contributed by atoms with E-state index in [0.29, 0.717) is 18.7 Å². The lowest BCUT2D eigenvalue weighted by Gasteiger charge is -2.14. The minimum absolute atomic E-state index is 0.0473. The van der Waals surface area contributed by atoms with Crippen molar-refractivity contribution in [2.75, 3.05) is 13.2 Å². The van der Waals surface area contributed by atoms with Crippen LogP contribution in [0.3, 0.4) is 0 Å². The van der Waals surface area contributed by atoms with Crippen molar-refractivity contribution in [1.82, 2.24) is 10.8 Å². The number of carbonyl (C=O) groups is 2. The lowest BCUT2D eigenvalue weighted by molar-refractivity contribution is -0.127. The molecule has 4 N–H and O–H groups in total. The van der Waals surface area contributed by atoms with Gasteiger partial charge < -0.3 is 20.3 Å². The van der Waals surface area contributed by atoms with E-state index in [4.69, 9.17) is 21.2 Å². The van der Waals surface area contributed by atoms with E-state index in [1.54, 1.807) is 6.08 Å². The molecule has 0 radical (unpaired) electrons. The fourth-order valence-electron chi connectivity index (χ4n) is 3.23. The molecule has 0 aliphatic carbocycles. The molecule has 0 saturated heterocycles. The summed E-state index contributed by atoms with van der Waals surface area (Å²) in [5, 5.41) is 23.0. The molecular weight excluding hydrogens is 472 g/mol. The second kappa shape index (κ2) is 13.2. The largest absolute Gasteiger partial charge is 0.507 e. The van der Waals surface area contributed by atoms with Crippen LogP contribution in [0.15, 0.2) is 66.4 Å². The van der Waals surface area contributed by atoms with Gasteiger partial charge in [-0.15, -0.1) is 0 Å². The molecule has 35 heavy (non-hydrogen) atoms. The summed E-state index contributed by atoms with van der Waals surface area (Å²) in [6, 6.07) is 10.4. The Kier molecular flexibility index (Phi) is 9.77. The van der Waals surface area contributed by atoms with Gasteiger partial charge in [-0.1, -0.05) is 60.2 Å². The first-order valence-corrected chi connectivity index (χ1v) is 11.5. The number of rotatable bonds is 6. The van der Waals surface area contributed by atoms with Crippen LogP contribution in [0, 0.1) is 0 Å². The zero-order valence-corrected chi connectivity index (χ0v) is 19.8. The van der Waals surface area contributed by atoms with Gasteiger partial charge in [-0.3, -0.25) is 15.1 Å². The molecule has 2 aromatic carbocycles. The van der Waals surface area contributed by atoms with Gasteiger partial charge in [0.05, 0.1) is 17.3 Å². The molecule has 0 aromatic heterocycles. The summed E-state index contributed by atoms with van der Waals surface area (Å²) >= 11 is 6.27. The van der Waals surface area contributed by atoms with Crippen LogP contribution in [0.1, 0.15) is 40.7 Å². The zero-order chi connectivity index (χ0) is 25.0. The molecule has 1 heterocycles. The van der Waals surface area contributed by atoms with E-state index in [2.05, 4.69) is 10.8 Å². The van der Waals surface area contributed by atoms with E-state index in [0.717, 1.165) is 24.5 Å². The Morgan fingerprint density at radius 2 is 1.80 bits per heavy atom. The Hall–Kier alpha value is -3.75. The Balaban J connectivity index is 1.78. The maximum Gasteiger partial charge on any atom is 0.342 e. The van der Waals surface area contributed by atoms with Gasteiger partial charge in [0.25, 0.3) is 0 Å². The van der Waals surface area contributed by atoms with Gasteiger partial charge >= 0.3 is 5.97 Å². The molecule has 3 rings (SSSR count). The third-order valence-electron chi connectivity index (χ3n) is 4.97. The normalized spacial score (nSPS) is 15.8. The highest BCUT2D eigenvalue weighted by molar-refractivity contribution is 6.34. The number of ether oxygens (including phenoxy) is 1. The molecule has 0 spiro atoms. The monoisotopic (exact) mass is 498 g/mol. The Morgan fingerprint density at radius 3 is 2.60 bits per heavy atom.